The molecule has 5 nitrogen and oxygen atoms in total. The Morgan fingerprint density at radius 2 is 2.00 bits per heavy atom. The largest absolute Gasteiger partial charge is 0.455 e. The van der Waals surface area contributed by atoms with E-state index in [2.05, 4.69) is 4.74 Å². The average molecular weight is 150 g/mol. The van der Waals surface area contributed by atoms with Crippen LogP contribution >= 0.6 is 0 Å². The Kier molecular flexibility index (Phi) is 3.27. The van der Waals surface area contributed by atoms with E-state index in [4.69, 9.17) is 15.3 Å². The lowest BCUT2D eigenvalue weighted by Gasteiger charge is -2.12. The van der Waals surface area contributed by atoms with Crippen molar-refractivity contribution < 1.29 is 24.9 Å². The number of aliphatic hydroxyl groups is 3. The first-order chi connectivity index (χ1) is 4.45. The topological polar surface area (TPSA) is 87.0 Å². The average Bonchev–Trinajstić information content (AvgIpc) is 1.59. The molecule has 0 aromatic rings. The summed E-state index contributed by atoms with van der Waals surface area (Å²) in [7, 11) is 0. The molecule has 0 amide bonds. The van der Waals surface area contributed by atoms with Gasteiger partial charge in [-0.3, -0.25) is 4.79 Å². The van der Waals surface area contributed by atoms with Gasteiger partial charge in [-0.05, 0) is 6.42 Å². The van der Waals surface area contributed by atoms with Crippen LogP contribution in [-0.2, 0) is 9.53 Å². The minimum absolute atomic E-state index is 0.0451. The summed E-state index contributed by atoms with van der Waals surface area (Å²) in [4.78, 5) is 10.4. The molecule has 0 bridgehead atoms. The molecule has 60 valence electrons. The molecule has 10 heavy (non-hydrogen) atoms. The fourth-order valence-electron chi connectivity index (χ4n) is 0.408. The third kappa shape index (κ3) is 5.49. The Morgan fingerprint density at radius 3 is 2.30 bits per heavy atom. The van der Waals surface area contributed by atoms with Crippen molar-refractivity contribution in [2.24, 2.45) is 0 Å². The Labute approximate surface area is 57.9 Å². The zero-order valence-corrected chi connectivity index (χ0v) is 5.57. The number of esters is 1. The van der Waals surface area contributed by atoms with E-state index in [1.165, 1.54) is 0 Å². The number of ether oxygens (including phenoxy) is 1. The van der Waals surface area contributed by atoms with E-state index in [0.29, 0.717) is 6.42 Å². The maximum Gasteiger partial charge on any atom is 0.455 e. The van der Waals surface area contributed by atoms with Crippen LogP contribution in [0.5, 0.6) is 0 Å². The predicted octanol–water partition coefficient (Wildman–Crippen LogP) is -1.08. The van der Waals surface area contributed by atoms with Gasteiger partial charge < -0.3 is 20.1 Å². The molecular formula is C5H10O5. The first-order valence-corrected chi connectivity index (χ1v) is 2.84. The highest BCUT2D eigenvalue weighted by atomic mass is 16.9. The van der Waals surface area contributed by atoms with Crippen LogP contribution in [0.1, 0.15) is 19.8 Å². The molecule has 0 aromatic heterocycles. The third-order valence-electron chi connectivity index (χ3n) is 0.705. The lowest BCUT2D eigenvalue weighted by molar-refractivity contribution is -0.435. The lowest BCUT2D eigenvalue weighted by atomic mass is 10.3. The van der Waals surface area contributed by atoms with E-state index in [0.717, 1.165) is 0 Å². The standard InChI is InChI=1S/C5H10O5/c1-2-3-4(6)10-5(7,8)9/h7-9H,2-3H2,1H3. The molecule has 0 aliphatic carbocycles. The van der Waals surface area contributed by atoms with Gasteiger partial charge in [-0.15, -0.1) is 0 Å². The normalized spacial score (nSPS) is 11.2. The highest BCUT2D eigenvalue weighted by Crippen LogP contribution is 1.99. The second kappa shape index (κ2) is 3.50. The first-order valence-electron chi connectivity index (χ1n) is 2.84. The number of hydrogen-bond donors (Lipinski definition) is 3. The quantitative estimate of drug-likeness (QED) is 0.352. The summed E-state index contributed by atoms with van der Waals surface area (Å²) < 4.78 is 3.71. The molecule has 3 N–H and O–H groups in total. The summed E-state index contributed by atoms with van der Waals surface area (Å²) in [5.74, 6) is -0.852. The van der Waals surface area contributed by atoms with Gasteiger partial charge in [0.1, 0.15) is 0 Å². The van der Waals surface area contributed by atoms with Gasteiger partial charge >= 0.3 is 12.1 Å². The van der Waals surface area contributed by atoms with Gasteiger partial charge in [-0.25, -0.2) is 0 Å². The fraction of sp³-hybridized carbons (Fsp3) is 0.800. The van der Waals surface area contributed by atoms with Crippen molar-refractivity contribution in [1.82, 2.24) is 0 Å². The molecule has 0 rings (SSSR count). The zero-order chi connectivity index (χ0) is 8.20. The minimum Gasteiger partial charge on any atom is -0.384 e. The smallest absolute Gasteiger partial charge is 0.384 e. The van der Waals surface area contributed by atoms with Gasteiger partial charge in [0.25, 0.3) is 0 Å². The number of hydrogen-bond acceptors (Lipinski definition) is 5. The molecule has 0 saturated heterocycles. The Hall–Kier alpha value is -0.650. The van der Waals surface area contributed by atoms with E-state index in [9.17, 15) is 4.79 Å². The highest BCUT2D eigenvalue weighted by Gasteiger charge is 2.23. The molecule has 0 heterocycles. The van der Waals surface area contributed by atoms with Crippen LogP contribution in [0.15, 0.2) is 0 Å². The van der Waals surface area contributed by atoms with Crippen LogP contribution in [0.2, 0.25) is 0 Å². The van der Waals surface area contributed by atoms with Crippen molar-refractivity contribution in [3.05, 3.63) is 0 Å². The third-order valence-corrected chi connectivity index (χ3v) is 0.705. The molecule has 0 atom stereocenters. The molecule has 0 fully saturated rings. The van der Waals surface area contributed by atoms with E-state index < -0.39 is 12.1 Å². The second-order valence-electron chi connectivity index (χ2n) is 1.80. The van der Waals surface area contributed by atoms with Gasteiger partial charge in [0, 0.05) is 6.42 Å². The number of carbonyl (C=O) groups is 1. The monoisotopic (exact) mass is 150 g/mol. The van der Waals surface area contributed by atoms with Gasteiger partial charge in [0.2, 0.25) is 0 Å². The van der Waals surface area contributed by atoms with Crippen molar-refractivity contribution in [3.8, 4) is 0 Å². The molecule has 0 saturated carbocycles. The maximum atomic E-state index is 10.4. The van der Waals surface area contributed by atoms with Crippen LogP contribution in [0.3, 0.4) is 0 Å². The van der Waals surface area contributed by atoms with E-state index >= 15 is 0 Å². The molecule has 0 radical (unpaired) electrons. The van der Waals surface area contributed by atoms with Crippen LogP contribution in [0.25, 0.3) is 0 Å². The van der Waals surface area contributed by atoms with Crippen molar-refractivity contribution in [1.29, 1.82) is 0 Å². The van der Waals surface area contributed by atoms with Crippen molar-refractivity contribution >= 4 is 5.97 Å². The molecule has 0 aliphatic heterocycles. The SMILES string of the molecule is CCCC(=O)OC(O)(O)O. The molecular weight excluding hydrogens is 140 g/mol. The van der Waals surface area contributed by atoms with Gasteiger partial charge in [0.15, 0.2) is 0 Å². The van der Waals surface area contributed by atoms with Crippen molar-refractivity contribution in [2.75, 3.05) is 0 Å². The van der Waals surface area contributed by atoms with Gasteiger partial charge in [0.05, 0.1) is 0 Å². The summed E-state index contributed by atoms with van der Waals surface area (Å²) in [6, 6.07) is 0. The Balaban J connectivity index is 3.58. The van der Waals surface area contributed by atoms with Crippen LogP contribution in [0, 0.1) is 0 Å². The summed E-state index contributed by atoms with van der Waals surface area (Å²) >= 11 is 0. The van der Waals surface area contributed by atoms with E-state index in [1.807, 2.05) is 0 Å². The van der Waals surface area contributed by atoms with E-state index in [-0.39, 0.29) is 6.42 Å². The van der Waals surface area contributed by atoms with Crippen LogP contribution in [0.4, 0.5) is 0 Å². The Bertz CT molecular complexity index is 114. The fourth-order valence-corrected chi connectivity index (χ4v) is 0.408. The number of carbonyl (C=O) groups excluding carboxylic acids is 1. The van der Waals surface area contributed by atoms with Crippen LogP contribution < -0.4 is 0 Å². The maximum absolute atomic E-state index is 10.4. The Morgan fingerprint density at radius 1 is 1.50 bits per heavy atom. The van der Waals surface area contributed by atoms with Gasteiger partial charge in [-0.1, -0.05) is 6.92 Å². The predicted molar refractivity (Wildman–Crippen MR) is 30.4 cm³/mol. The molecule has 0 unspecified atom stereocenters. The molecule has 5 heteroatoms. The van der Waals surface area contributed by atoms with Crippen molar-refractivity contribution in [2.45, 2.75) is 25.9 Å². The molecule has 0 aromatic carbocycles. The minimum atomic E-state index is -3.33. The van der Waals surface area contributed by atoms with Crippen molar-refractivity contribution in [3.63, 3.8) is 0 Å². The summed E-state index contributed by atoms with van der Waals surface area (Å²) in [6.45, 7) is 1.72. The summed E-state index contributed by atoms with van der Waals surface area (Å²) in [5.41, 5.74) is 0. The molecule has 0 aliphatic rings. The highest BCUT2D eigenvalue weighted by molar-refractivity contribution is 5.69. The second-order valence-corrected chi connectivity index (χ2v) is 1.80. The van der Waals surface area contributed by atoms with Gasteiger partial charge in [-0.2, -0.15) is 0 Å². The number of rotatable bonds is 3. The zero-order valence-electron chi connectivity index (χ0n) is 5.57. The van der Waals surface area contributed by atoms with E-state index in [1.54, 1.807) is 6.92 Å². The lowest BCUT2D eigenvalue weighted by Crippen LogP contribution is -2.33. The summed E-state index contributed by atoms with van der Waals surface area (Å²) in [6.07, 6.45) is -2.76. The molecule has 0 spiro atoms. The van der Waals surface area contributed by atoms with Crippen LogP contribution in [-0.4, -0.2) is 27.4 Å². The first kappa shape index (κ1) is 9.35. The summed E-state index contributed by atoms with van der Waals surface area (Å²) in [5, 5.41) is 24.2.